The van der Waals surface area contributed by atoms with Crippen LogP contribution in [0.5, 0.6) is 0 Å². The van der Waals surface area contributed by atoms with Gasteiger partial charge in [0, 0.05) is 0 Å². The van der Waals surface area contributed by atoms with E-state index in [2.05, 4.69) is 9.82 Å². The van der Waals surface area contributed by atoms with Gasteiger partial charge in [0.2, 0.25) is 0 Å². The third kappa shape index (κ3) is 3.87. The van der Waals surface area contributed by atoms with E-state index in [9.17, 15) is 9.59 Å². The molecule has 1 amide bonds. The van der Waals surface area contributed by atoms with Crippen molar-refractivity contribution < 1.29 is 14.4 Å². The topological polar surface area (TPSA) is 73.2 Å². The van der Waals surface area contributed by atoms with Crippen molar-refractivity contribution in [2.75, 3.05) is 0 Å². The second-order valence-electron chi connectivity index (χ2n) is 3.85. The summed E-state index contributed by atoms with van der Waals surface area (Å²) in [5.74, 6) is -1.38. The van der Waals surface area contributed by atoms with Gasteiger partial charge in [-0.25, -0.2) is 9.78 Å². The molecule has 6 nitrogen and oxygen atoms in total. The molecule has 1 aromatic heterocycles. The smallest absolute Gasteiger partial charge is 0.335 e. The van der Waals surface area contributed by atoms with Gasteiger partial charge in [0.1, 0.15) is 11.7 Å². The van der Waals surface area contributed by atoms with Crippen LogP contribution < -0.4 is 5.48 Å². The van der Waals surface area contributed by atoms with Crippen LogP contribution in [0.15, 0.2) is 30.6 Å². The largest absolute Gasteiger partial charge is 0.364 e. The molecular formula is C12H8Cl3N3O3. The molecule has 2 aromatic rings. The highest BCUT2D eigenvalue weighted by Crippen LogP contribution is 2.19. The molecule has 0 bridgehead atoms. The number of halogens is 3. The number of aromatic nitrogens is 2. The fraction of sp³-hybridized carbons (Fsp3) is 0.0833. The van der Waals surface area contributed by atoms with Gasteiger partial charge in [-0.15, -0.1) is 0 Å². The van der Waals surface area contributed by atoms with Gasteiger partial charge in [0.05, 0.1) is 16.9 Å². The molecule has 110 valence electrons. The van der Waals surface area contributed by atoms with Crippen LogP contribution in [-0.2, 0) is 16.2 Å². The van der Waals surface area contributed by atoms with E-state index >= 15 is 0 Å². The van der Waals surface area contributed by atoms with Gasteiger partial charge in [-0.2, -0.15) is 5.48 Å². The number of imidazole rings is 1. The molecule has 0 aliphatic rings. The van der Waals surface area contributed by atoms with Crippen LogP contribution in [-0.4, -0.2) is 21.4 Å². The molecule has 0 aliphatic heterocycles. The summed E-state index contributed by atoms with van der Waals surface area (Å²) in [6.07, 6.45) is 1.29. The summed E-state index contributed by atoms with van der Waals surface area (Å²) < 4.78 is 1.29. The number of carbonyl (C=O) groups excluding carboxylic acids is 2. The lowest BCUT2D eigenvalue weighted by Crippen LogP contribution is -2.30. The predicted molar refractivity (Wildman–Crippen MR) is 77.3 cm³/mol. The monoisotopic (exact) mass is 347 g/mol. The van der Waals surface area contributed by atoms with Gasteiger partial charge in [0.15, 0.2) is 5.15 Å². The maximum atomic E-state index is 11.7. The lowest BCUT2D eigenvalue weighted by Gasteiger charge is -2.07. The number of amides is 1. The van der Waals surface area contributed by atoms with Gasteiger partial charge in [0.25, 0.3) is 5.91 Å². The summed E-state index contributed by atoms with van der Waals surface area (Å²) >= 11 is 17.3. The Morgan fingerprint density at radius 1 is 1.24 bits per heavy atom. The maximum Gasteiger partial charge on any atom is 0.364 e. The van der Waals surface area contributed by atoms with Crippen molar-refractivity contribution in [1.29, 1.82) is 0 Å². The molecule has 0 fully saturated rings. The van der Waals surface area contributed by atoms with Crippen LogP contribution in [0, 0.1) is 0 Å². The number of hydrogen-bond acceptors (Lipinski definition) is 4. The van der Waals surface area contributed by atoms with Crippen LogP contribution >= 0.6 is 34.8 Å². The summed E-state index contributed by atoms with van der Waals surface area (Å²) in [4.78, 5) is 31.7. The molecule has 0 aliphatic carbocycles. The van der Waals surface area contributed by atoms with Crippen molar-refractivity contribution in [1.82, 2.24) is 15.0 Å². The highest BCUT2D eigenvalue weighted by atomic mass is 35.5. The van der Waals surface area contributed by atoms with E-state index in [1.165, 1.54) is 23.0 Å². The lowest BCUT2D eigenvalue weighted by molar-refractivity contribution is -0.130. The zero-order valence-electron chi connectivity index (χ0n) is 10.3. The SMILES string of the molecule is O=C(Cn1cnc(Cl)c1Cl)NOC(=O)c1ccccc1Cl. The third-order valence-electron chi connectivity index (χ3n) is 2.40. The molecule has 2 rings (SSSR count). The lowest BCUT2D eigenvalue weighted by atomic mass is 10.2. The molecular weight excluding hydrogens is 341 g/mol. The summed E-state index contributed by atoms with van der Waals surface area (Å²) in [5.41, 5.74) is 2.14. The first-order valence-electron chi connectivity index (χ1n) is 5.59. The molecule has 0 spiro atoms. The predicted octanol–water partition coefficient (Wildman–Crippen LogP) is 2.73. The summed E-state index contributed by atoms with van der Waals surface area (Å²) in [6, 6.07) is 6.30. The van der Waals surface area contributed by atoms with Crippen LogP contribution in [0.2, 0.25) is 15.3 Å². The van der Waals surface area contributed by atoms with E-state index in [1.807, 2.05) is 5.48 Å². The standard InChI is InChI=1S/C12H8Cl3N3O3/c13-8-4-2-1-3-7(8)12(20)21-17-9(19)5-18-6-16-10(14)11(18)15/h1-4,6H,5H2,(H,17,19). The molecule has 1 N–H and O–H groups in total. The zero-order valence-corrected chi connectivity index (χ0v) is 12.6. The normalized spacial score (nSPS) is 10.2. The molecule has 0 unspecified atom stereocenters. The Hall–Kier alpha value is -1.76. The average Bonchev–Trinajstić information content (AvgIpc) is 2.77. The van der Waals surface area contributed by atoms with Crippen molar-refractivity contribution in [3.8, 4) is 0 Å². The van der Waals surface area contributed by atoms with Crippen molar-refractivity contribution in [2.45, 2.75) is 6.54 Å². The summed E-state index contributed by atoms with van der Waals surface area (Å²) in [5, 5.41) is 0.419. The number of carbonyl (C=O) groups is 2. The number of hydrogen-bond donors (Lipinski definition) is 1. The highest BCUT2D eigenvalue weighted by molar-refractivity contribution is 6.40. The van der Waals surface area contributed by atoms with Crippen LogP contribution in [0.4, 0.5) is 0 Å². The number of nitrogens with one attached hydrogen (secondary N) is 1. The Labute approximate surface area is 134 Å². The Bertz CT molecular complexity index is 687. The number of rotatable bonds is 3. The van der Waals surface area contributed by atoms with E-state index < -0.39 is 11.9 Å². The second kappa shape index (κ2) is 6.80. The maximum absolute atomic E-state index is 11.7. The number of hydroxylamine groups is 1. The molecule has 0 saturated carbocycles. The Balaban J connectivity index is 1.91. The molecule has 0 atom stereocenters. The quantitative estimate of drug-likeness (QED) is 0.866. The third-order valence-corrected chi connectivity index (χ3v) is 3.50. The Kier molecular flexibility index (Phi) is 5.06. The average molecular weight is 349 g/mol. The fourth-order valence-electron chi connectivity index (χ4n) is 1.43. The van der Waals surface area contributed by atoms with E-state index in [4.69, 9.17) is 34.8 Å². The minimum atomic E-state index is -0.774. The molecule has 0 radical (unpaired) electrons. The zero-order chi connectivity index (χ0) is 15.4. The summed E-state index contributed by atoms with van der Waals surface area (Å²) in [6.45, 7) is -0.200. The first kappa shape index (κ1) is 15.6. The van der Waals surface area contributed by atoms with Crippen molar-refractivity contribution in [3.63, 3.8) is 0 Å². The van der Waals surface area contributed by atoms with E-state index in [-0.39, 0.29) is 27.4 Å². The highest BCUT2D eigenvalue weighted by Gasteiger charge is 2.14. The molecule has 0 saturated heterocycles. The van der Waals surface area contributed by atoms with E-state index in [1.54, 1.807) is 12.1 Å². The van der Waals surface area contributed by atoms with Gasteiger partial charge in [-0.1, -0.05) is 46.9 Å². The molecule has 21 heavy (non-hydrogen) atoms. The van der Waals surface area contributed by atoms with Crippen LogP contribution in [0.1, 0.15) is 10.4 Å². The Morgan fingerprint density at radius 3 is 2.57 bits per heavy atom. The van der Waals surface area contributed by atoms with Gasteiger partial charge in [-0.3, -0.25) is 4.79 Å². The van der Waals surface area contributed by atoms with E-state index in [0.717, 1.165) is 0 Å². The van der Waals surface area contributed by atoms with Crippen molar-refractivity contribution >= 4 is 46.7 Å². The van der Waals surface area contributed by atoms with Crippen molar-refractivity contribution in [3.05, 3.63) is 51.5 Å². The van der Waals surface area contributed by atoms with Crippen molar-refractivity contribution in [2.24, 2.45) is 0 Å². The molecule has 9 heteroatoms. The van der Waals surface area contributed by atoms with Crippen LogP contribution in [0.25, 0.3) is 0 Å². The fourth-order valence-corrected chi connectivity index (χ4v) is 1.94. The van der Waals surface area contributed by atoms with Crippen LogP contribution in [0.3, 0.4) is 0 Å². The second-order valence-corrected chi connectivity index (χ2v) is 4.97. The van der Waals surface area contributed by atoms with Gasteiger partial charge in [-0.05, 0) is 12.1 Å². The van der Waals surface area contributed by atoms with Gasteiger partial charge < -0.3 is 9.40 Å². The number of nitrogens with zero attached hydrogens (tertiary/aromatic N) is 2. The van der Waals surface area contributed by atoms with Gasteiger partial charge >= 0.3 is 5.97 Å². The van der Waals surface area contributed by atoms with E-state index in [0.29, 0.717) is 0 Å². The minimum Gasteiger partial charge on any atom is -0.335 e. The first-order chi connectivity index (χ1) is 9.99. The minimum absolute atomic E-state index is 0.0810. The molecule has 1 heterocycles. The number of benzene rings is 1. The Morgan fingerprint density at radius 2 is 1.95 bits per heavy atom. The summed E-state index contributed by atoms with van der Waals surface area (Å²) in [7, 11) is 0. The molecule has 1 aromatic carbocycles. The first-order valence-corrected chi connectivity index (χ1v) is 6.73.